The van der Waals surface area contributed by atoms with Crippen molar-refractivity contribution in [1.29, 1.82) is 0 Å². The van der Waals surface area contributed by atoms with E-state index in [0.717, 1.165) is 29.6 Å². The van der Waals surface area contributed by atoms with Crippen molar-refractivity contribution < 1.29 is 23.1 Å². The van der Waals surface area contributed by atoms with Gasteiger partial charge in [-0.05, 0) is 67.3 Å². The summed E-state index contributed by atoms with van der Waals surface area (Å²) in [5.74, 6) is 1.21. The standard InChI is InChI=1S/C26H35NO5S2/c1-32-23-17-21(26(28)29)13-14-22(23)27-34(30,31)25-16-15-24(33-25)20-10-6-9-19(11-12-20)18-7-4-2-3-5-8-18/h13-20,27H,2-12H2,1H3,(H,28,29). The number of rotatable bonds is 7. The summed E-state index contributed by atoms with van der Waals surface area (Å²) in [4.78, 5) is 12.3. The number of sulfonamides is 1. The first-order valence-electron chi connectivity index (χ1n) is 12.4. The highest BCUT2D eigenvalue weighted by atomic mass is 32.2. The maximum atomic E-state index is 13.1. The summed E-state index contributed by atoms with van der Waals surface area (Å²) in [7, 11) is -2.41. The summed E-state index contributed by atoms with van der Waals surface area (Å²) in [6.45, 7) is 0. The first-order valence-corrected chi connectivity index (χ1v) is 14.7. The molecule has 0 radical (unpaired) electrons. The average Bonchev–Trinajstić information content (AvgIpc) is 3.01. The quantitative estimate of drug-likeness (QED) is 0.400. The molecule has 2 atom stereocenters. The maximum Gasteiger partial charge on any atom is 0.335 e. The summed E-state index contributed by atoms with van der Waals surface area (Å²) in [6.07, 6.45) is 14.4. The lowest BCUT2D eigenvalue weighted by molar-refractivity contribution is 0.0696. The fourth-order valence-corrected chi connectivity index (χ4v) is 8.24. The molecule has 2 aromatic rings. The predicted molar refractivity (Wildman–Crippen MR) is 136 cm³/mol. The average molecular weight is 506 g/mol. The van der Waals surface area contributed by atoms with E-state index in [1.807, 2.05) is 6.07 Å². The van der Waals surface area contributed by atoms with Crippen molar-refractivity contribution in [3.63, 3.8) is 0 Å². The van der Waals surface area contributed by atoms with E-state index in [-0.39, 0.29) is 21.2 Å². The third kappa shape index (κ3) is 5.95. The lowest BCUT2D eigenvalue weighted by Crippen LogP contribution is -2.13. The van der Waals surface area contributed by atoms with Crippen LogP contribution in [0.3, 0.4) is 0 Å². The molecule has 0 amide bonds. The van der Waals surface area contributed by atoms with Gasteiger partial charge in [0.05, 0.1) is 18.4 Å². The number of carboxylic acids is 1. The van der Waals surface area contributed by atoms with Gasteiger partial charge in [-0.1, -0.05) is 51.4 Å². The summed E-state index contributed by atoms with van der Waals surface area (Å²) < 4.78 is 34.2. The van der Waals surface area contributed by atoms with E-state index in [4.69, 9.17) is 9.84 Å². The molecule has 1 aromatic heterocycles. The molecular formula is C26H35NO5S2. The monoisotopic (exact) mass is 505 g/mol. The molecule has 0 aliphatic heterocycles. The third-order valence-electron chi connectivity index (χ3n) is 7.54. The molecular weight excluding hydrogens is 470 g/mol. The van der Waals surface area contributed by atoms with E-state index >= 15 is 0 Å². The Morgan fingerprint density at radius 1 is 0.941 bits per heavy atom. The van der Waals surface area contributed by atoms with Crippen molar-refractivity contribution in [3.8, 4) is 5.75 Å². The number of anilines is 1. The van der Waals surface area contributed by atoms with Crippen LogP contribution in [0, 0.1) is 11.8 Å². The highest BCUT2D eigenvalue weighted by molar-refractivity contribution is 7.94. The molecule has 2 fully saturated rings. The molecule has 186 valence electrons. The zero-order chi connectivity index (χ0) is 24.1. The Bertz CT molecular complexity index is 1090. The van der Waals surface area contributed by atoms with E-state index in [2.05, 4.69) is 4.72 Å². The van der Waals surface area contributed by atoms with Gasteiger partial charge in [-0.25, -0.2) is 13.2 Å². The number of hydrogen-bond acceptors (Lipinski definition) is 5. The van der Waals surface area contributed by atoms with Gasteiger partial charge in [0.1, 0.15) is 9.96 Å². The van der Waals surface area contributed by atoms with Crippen LogP contribution in [0.2, 0.25) is 0 Å². The van der Waals surface area contributed by atoms with E-state index in [1.54, 1.807) is 6.07 Å². The minimum Gasteiger partial charge on any atom is -0.495 e. The van der Waals surface area contributed by atoms with Gasteiger partial charge in [-0.3, -0.25) is 4.72 Å². The zero-order valence-electron chi connectivity index (χ0n) is 19.8. The number of carbonyl (C=O) groups is 1. The summed E-state index contributed by atoms with van der Waals surface area (Å²) in [5, 5.41) is 9.16. The SMILES string of the molecule is COc1cc(C(=O)O)ccc1NS(=O)(=O)c1ccc(C2CCCC(C3CCCCCC3)CC2)s1. The van der Waals surface area contributed by atoms with Gasteiger partial charge in [-0.2, -0.15) is 0 Å². The maximum absolute atomic E-state index is 13.1. The zero-order valence-corrected chi connectivity index (χ0v) is 21.4. The van der Waals surface area contributed by atoms with Crippen LogP contribution in [-0.2, 0) is 10.0 Å². The molecule has 34 heavy (non-hydrogen) atoms. The second-order valence-corrected chi connectivity index (χ2v) is 12.7. The van der Waals surface area contributed by atoms with Crippen LogP contribution >= 0.6 is 11.3 Å². The summed E-state index contributed by atoms with van der Waals surface area (Å²) >= 11 is 1.35. The van der Waals surface area contributed by atoms with E-state index in [1.165, 1.54) is 94.4 Å². The Labute approximate surface area is 206 Å². The van der Waals surface area contributed by atoms with Gasteiger partial charge in [0, 0.05) is 4.88 Å². The molecule has 2 N–H and O–H groups in total. The predicted octanol–water partition coefficient (Wildman–Crippen LogP) is 6.89. The largest absolute Gasteiger partial charge is 0.495 e. The third-order valence-corrected chi connectivity index (χ3v) is 10.6. The van der Waals surface area contributed by atoms with Crippen molar-refractivity contribution in [3.05, 3.63) is 40.8 Å². The van der Waals surface area contributed by atoms with Crippen LogP contribution in [0.5, 0.6) is 5.75 Å². The molecule has 6 nitrogen and oxygen atoms in total. The number of ether oxygens (including phenoxy) is 1. The lowest BCUT2D eigenvalue weighted by atomic mass is 9.81. The molecule has 2 aliphatic rings. The number of hydrogen-bond donors (Lipinski definition) is 2. The number of thiophene rings is 1. The lowest BCUT2D eigenvalue weighted by Gasteiger charge is -2.25. The Kier molecular flexibility index (Phi) is 8.19. The Morgan fingerprint density at radius 3 is 2.35 bits per heavy atom. The van der Waals surface area contributed by atoms with Gasteiger partial charge in [0.2, 0.25) is 0 Å². The molecule has 2 aliphatic carbocycles. The highest BCUT2D eigenvalue weighted by Crippen LogP contribution is 2.43. The van der Waals surface area contributed by atoms with E-state index in [9.17, 15) is 13.2 Å². The normalized spacial score (nSPS) is 22.5. The van der Waals surface area contributed by atoms with Gasteiger partial charge < -0.3 is 9.84 Å². The van der Waals surface area contributed by atoms with Crippen LogP contribution in [-0.4, -0.2) is 26.6 Å². The molecule has 2 saturated carbocycles. The van der Waals surface area contributed by atoms with Crippen LogP contribution in [0.4, 0.5) is 5.69 Å². The van der Waals surface area contributed by atoms with E-state index in [0.29, 0.717) is 5.92 Å². The number of nitrogens with one attached hydrogen (secondary N) is 1. The Hall–Kier alpha value is -2.06. The highest BCUT2D eigenvalue weighted by Gasteiger charge is 2.28. The van der Waals surface area contributed by atoms with Crippen molar-refractivity contribution in [2.45, 2.75) is 80.8 Å². The van der Waals surface area contributed by atoms with Gasteiger partial charge in [-0.15, -0.1) is 11.3 Å². The van der Waals surface area contributed by atoms with Crippen LogP contribution in [0.25, 0.3) is 0 Å². The minimum absolute atomic E-state index is 0.0359. The smallest absolute Gasteiger partial charge is 0.335 e. The van der Waals surface area contributed by atoms with Crippen molar-refractivity contribution in [1.82, 2.24) is 0 Å². The van der Waals surface area contributed by atoms with Gasteiger partial charge in [0.25, 0.3) is 10.0 Å². The Balaban J connectivity index is 1.43. The number of benzene rings is 1. The van der Waals surface area contributed by atoms with Crippen molar-refractivity contribution in [2.75, 3.05) is 11.8 Å². The first kappa shape index (κ1) is 25.0. The molecule has 0 bridgehead atoms. The van der Waals surface area contributed by atoms with Crippen molar-refractivity contribution in [2.24, 2.45) is 11.8 Å². The van der Waals surface area contributed by atoms with Crippen LogP contribution < -0.4 is 9.46 Å². The number of carboxylic acid groups (broad SMARTS) is 1. The van der Waals surface area contributed by atoms with Crippen LogP contribution in [0.15, 0.2) is 34.5 Å². The Morgan fingerprint density at radius 2 is 1.65 bits per heavy atom. The van der Waals surface area contributed by atoms with Crippen molar-refractivity contribution >= 4 is 33.0 Å². The van der Waals surface area contributed by atoms with Gasteiger partial charge in [0.15, 0.2) is 0 Å². The van der Waals surface area contributed by atoms with E-state index < -0.39 is 16.0 Å². The topological polar surface area (TPSA) is 92.7 Å². The molecule has 1 heterocycles. The second kappa shape index (κ2) is 11.1. The number of methoxy groups -OCH3 is 1. The summed E-state index contributed by atoms with van der Waals surface area (Å²) in [6, 6.07) is 7.76. The van der Waals surface area contributed by atoms with Crippen LogP contribution in [0.1, 0.15) is 91.8 Å². The molecule has 0 spiro atoms. The molecule has 1 aromatic carbocycles. The number of aromatic carboxylic acids is 1. The minimum atomic E-state index is -3.80. The molecule has 0 saturated heterocycles. The molecule has 8 heteroatoms. The van der Waals surface area contributed by atoms with Gasteiger partial charge >= 0.3 is 5.97 Å². The second-order valence-electron chi connectivity index (χ2n) is 9.70. The fraction of sp³-hybridized carbons (Fsp3) is 0.577. The fourth-order valence-electron chi connectivity index (χ4n) is 5.67. The molecule has 4 rings (SSSR count). The molecule has 2 unspecified atom stereocenters. The first-order chi connectivity index (χ1) is 16.4. The summed E-state index contributed by atoms with van der Waals surface area (Å²) in [5.41, 5.74) is 0.261.